The minimum atomic E-state index is 0.564. The number of aromatic nitrogens is 1. The number of nitrogens with zero attached hydrogens (tertiary/aromatic N) is 2. The maximum absolute atomic E-state index is 5.79. The van der Waals surface area contributed by atoms with Crippen LogP contribution in [0.15, 0.2) is 48.7 Å². The summed E-state index contributed by atoms with van der Waals surface area (Å²) < 4.78 is 0. The number of hydrogen-bond acceptors (Lipinski definition) is 3. The molecule has 2 N–H and O–H groups in total. The molecule has 2 rings (SSSR count). The Morgan fingerprint density at radius 1 is 1.11 bits per heavy atom. The van der Waals surface area contributed by atoms with E-state index >= 15 is 0 Å². The van der Waals surface area contributed by atoms with Crippen LogP contribution >= 0.6 is 0 Å². The van der Waals surface area contributed by atoms with Crippen LogP contribution in [0.1, 0.15) is 18.2 Å². The molecular formula is C15H19N3. The quantitative estimate of drug-likeness (QED) is 0.874. The second-order valence-electron chi connectivity index (χ2n) is 4.17. The van der Waals surface area contributed by atoms with Gasteiger partial charge >= 0.3 is 0 Å². The molecule has 0 radical (unpaired) electrons. The van der Waals surface area contributed by atoms with Crippen LogP contribution in [0.5, 0.6) is 0 Å². The fraction of sp³-hybridized carbons (Fsp3) is 0.267. The molecule has 1 aromatic heterocycles. The molecule has 1 heterocycles. The van der Waals surface area contributed by atoms with Gasteiger partial charge in [-0.2, -0.15) is 0 Å². The predicted molar refractivity (Wildman–Crippen MR) is 75.3 cm³/mol. The minimum Gasteiger partial charge on any atom is -0.366 e. The Balaban J connectivity index is 2.23. The van der Waals surface area contributed by atoms with Crippen molar-refractivity contribution >= 4 is 5.69 Å². The highest BCUT2D eigenvalue weighted by Crippen LogP contribution is 2.21. The summed E-state index contributed by atoms with van der Waals surface area (Å²) in [5, 5.41) is 0. The van der Waals surface area contributed by atoms with Crippen molar-refractivity contribution in [3.05, 3.63) is 59.9 Å². The van der Waals surface area contributed by atoms with Crippen molar-refractivity contribution in [1.82, 2.24) is 4.98 Å². The zero-order valence-electron chi connectivity index (χ0n) is 10.7. The van der Waals surface area contributed by atoms with Crippen LogP contribution in [0.3, 0.4) is 0 Å². The van der Waals surface area contributed by atoms with Crippen LogP contribution in [-0.4, -0.2) is 11.5 Å². The Morgan fingerprint density at radius 2 is 1.89 bits per heavy atom. The summed E-state index contributed by atoms with van der Waals surface area (Å²) >= 11 is 0. The number of hydrogen-bond donors (Lipinski definition) is 1. The van der Waals surface area contributed by atoms with Gasteiger partial charge in [0.15, 0.2) is 0 Å². The molecule has 0 aliphatic rings. The summed E-state index contributed by atoms with van der Waals surface area (Å²) in [4.78, 5) is 6.67. The van der Waals surface area contributed by atoms with E-state index < -0.39 is 0 Å². The number of rotatable bonds is 5. The molecule has 0 amide bonds. The number of benzene rings is 1. The van der Waals surface area contributed by atoms with Crippen molar-refractivity contribution in [3.63, 3.8) is 0 Å². The Bertz CT molecular complexity index is 482. The van der Waals surface area contributed by atoms with Gasteiger partial charge in [0.05, 0.1) is 12.2 Å². The fourth-order valence-electron chi connectivity index (χ4n) is 2.05. The van der Waals surface area contributed by atoms with Crippen molar-refractivity contribution in [1.29, 1.82) is 0 Å². The summed E-state index contributed by atoms with van der Waals surface area (Å²) in [6.45, 7) is 4.47. The first-order valence-corrected chi connectivity index (χ1v) is 6.28. The van der Waals surface area contributed by atoms with Crippen LogP contribution in [-0.2, 0) is 13.1 Å². The summed E-state index contributed by atoms with van der Waals surface area (Å²) in [7, 11) is 0. The van der Waals surface area contributed by atoms with E-state index in [2.05, 4.69) is 35.0 Å². The third kappa shape index (κ3) is 2.87. The summed E-state index contributed by atoms with van der Waals surface area (Å²) in [6.07, 6.45) is 1.83. The van der Waals surface area contributed by atoms with Crippen molar-refractivity contribution in [2.45, 2.75) is 20.0 Å². The zero-order valence-corrected chi connectivity index (χ0v) is 10.7. The largest absolute Gasteiger partial charge is 0.366 e. The van der Waals surface area contributed by atoms with Gasteiger partial charge in [-0.25, -0.2) is 0 Å². The van der Waals surface area contributed by atoms with Gasteiger partial charge in [-0.3, -0.25) is 4.98 Å². The van der Waals surface area contributed by atoms with Gasteiger partial charge in [-0.15, -0.1) is 0 Å². The van der Waals surface area contributed by atoms with Gasteiger partial charge < -0.3 is 10.6 Å². The summed E-state index contributed by atoms with van der Waals surface area (Å²) in [6, 6.07) is 14.3. The Kier molecular flexibility index (Phi) is 4.31. The van der Waals surface area contributed by atoms with Gasteiger partial charge in [-0.05, 0) is 30.7 Å². The third-order valence-electron chi connectivity index (χ3n) is 3.01. The van der Waals surface area contributed by atoms with E-state index in [1.165, 1.54) is 11.3 Å². The topological polar surface area (TPSA) is 42.2 Å². The van der Waals surface area contributed by atoms with Crippen molar-refractivity contribution in [3.8, 4) is 0 Å². The molecule has 0 fully saturated rings. The molecule has 0 aliphatic carbocycles. The van der Waals surface area contributed by atoms with Crippen molar-refractivity contribution in [2.24, 2.45) is 5.73 Å². The summed E-state index contributed by atoms with van der Waals surface area (Å²) in [5.41, 5.74) is 9.25. The SMILES string of the molecule is CCN(Cc1ccccn1)c1ccccc1CN. The van der Waals surface area contributed by atoms with Crippen LogP contribution in [0.2, 0.25) is 0 Å². The first-order valence-electron chi connectivity index (χ1n) is 6.28. The minimum absolute atomic E-state index is 0.564. The molecule has 0 saturated heterocycles. The van der Waals surface area contributed by atoms with Crippen molar-refractivity contribution in [2.75, 3.05) is 11.4 Å². The van der Waals surface area contributed by atoms with Crippen LogP contribution in [0.4, 0.5) is 5.69 Å². The Hall–Kier alpha value is -1.87. The van der Waals surface area contributed by atoms with Crippen LogP contribution in [0.25, 0.3) is 0 Å². The van der Waals surface area contributed by atoms with Gasteiger partial charge in [0, 0.05) is 25.0 Å². The third-order valence-corrected chi connectivity index (χ3v) is 3.01. The number of anilines is 1. The maximum atomic E-state index is 5.79. The molecule has 3 heteroatoms. The molecule has 3 nitrogen and oxygen atoms in total. The lowest BCUT2D eigenvalue weighted by atomic mass is 10.1. The average Bonchev–Trinajstić information content (AvgIpc) is 2.46. The van der Waals surface area contributed by atoms with Crippen molar-refractivity contribution < 1.29 is 0 Å². The van der Waals surface area contributed by atoms with E-state index in [1.54, 1.807) is 0 Å². The maximum Gasteiger partial charge on any atom is 0.0602 e. The molecule has 0 saturated carbocycles. The molecule has 0 aliphatic heterocycles. The molecular weight excluding hydrogens is 222 g/mol. The first-order chi connectivity index (χ1) is 8.85. The van der Waals surface area contributed by atoms with E-state index in [1.807, 2.05) is 30.5 Å². The molecule has 1 aromatic carbocycles. The molecule has 0 bridgehead atoms. The van der Waals surface area contributed by atoms with Crippen LogP contribution < -0.4 is 10.6 Å². The molecule has 2 aromatic rings. The van der Waals surface area contributed by atoms with E-state index in [-0.39, 0.29) is 0 Å². The standard InChI is InChI=1S/C15H19N3/c1-2-18(12-14-8-5-6-10-17-14)15-9-4-3-7-13(15)11-16/h3-10H,2,11-12,16H2,1H3. The molecule has 0 unspecified atom stereocenters. The molecule has 0 spiro atoms. The van der Waals surface area contributed by atoms with E-state index in [4.69, 9.17) is 5.73 Å². The highest BCUT2D eigenvalue weighted by Gasteiger charge is 2.09. The number of pyridine rings is 1. The molecule has 0 atom stereocenters. The lowest BCUT2D eigenvalue weighted by molar-refractivity contribution is 0.801. The smallest absolute Gasteiger partial charge is 0.0602 e. The lowest BCUT2D eigenvalue weighted by Gasteiger charge is -2.25. The Labute approximate surface area is 108 Å². The first kappa shape index (κ1) is 12.6. The highest BCUT2D eigenvalue weighted by atomic mass is 15.1. The second kappa shape index (κ2) is 6.17. The van der Waals surface area contributed by atoms with Gasteiger partial charge in [0.2, 0.25) is 0 Å². The van der Waals surface area contributed by atoms with Gasteiger partial charge in [0.1, 0.15) is 0 Å². The number of nitrogens with two attached hydrogens (primary N) is 1. The lowest BCUT2D eigenvalue weighted by Crippen LogP contribution is -2.24. The van der Waals surface area contributed by atoms with Gasteiger partial charge in [-0.1, -0.05) is 24.3 Å². The Morgan fingerprint density at radius 3 is 2.56 bits per heavy atom. The number of para-hydroxylation sites is 1. The fourth-order valence-corrected chi connectivity index (χ4v) is 2.05. The van der Waals surface area contributed by atoms with Crippen LogP contribution in [0, 0.1) is 0 Å². The van der Waals surface area contributed by atoms with E-state index in [0.717, 1.165) is 18.8 Å². The second-order valence-corrected chi connectivity index (χ2v) is 4.17. The van der Waals surface area contributed by atoms with Gasteiger partial charge in [0.25, 0.3) is 0 Å². The monoisotopic (exact) mass is 241 g/mol. The molecule has 94 valence electrons. The summed E-state index contributed by atoms with van der Waals surface area (Å²) in [5.74, 6) is 0. The highest BCUT2D eigenvalue weighted by molar-refractivity contribution is 5.53. The average molecular weight is 241 g/mol. The van der Waals surface area contributed by atoms with E-state index in [9.17, 15) is 0 Å². The molecule has 18 heavy (non-hydrogen) atoms. The predicted octanol–water partition coefficient (Wildman–Crippen LogP) is 2.57. The zero-order chi connectivity index (χ0) is 12.8. The normalized spacial score (nSPS) is 10.3. The van der Waals surface area contributed by atoms with E-state index in [0.29, 0.717) is 6.54 Å².